The largest absolute Gasteiger partial charge is 0.366 e. The van der Waals surface area contributed by atoms with E-state index in [1.54, 1.807) is 59.5 Å². The summed E-state index contributed by atoms with van der Waals surface area (Å²) in [5.74, 6) is -0.636. The maximum Gasteiger partial charge on any atom is 0.264 e. The molecule has 1 saturated heterocycles. The number of hydrogen-bond donors (Lipinski definition) is 0. The van der Waals surface area contributed by atoms with Gasteiger partial charge in [0.05, 0.1) is 16.3 Å². The Hall–Kier alpha value is -3.10. The molecule has 178 valence electrons. The summed E-state index contributed by atoms with van der Waals surface area (Å²) in [4.78, 5) is 16.8. The van der Waals surface area contributed by atoms with Crippen molar-refractivity contribution in [1.82, 2.24) is 4.90 Å². The van der Waals surface area contributed by atoms with Crippen LogP contribution in [0.5, 0.6) is 0 Å². The first-order valence-electron chi connectivity index (χ1n) is 10.9. The summed E-state index contributed by atoms with van der Waals surface area (Å²) in [6.07, 6.45) is 0. The molecule has 3 aromatic carbocycles. The lowest BCUT2D eigenvalue weighted by Crippen LogP contribution is -2.52. The third-order valence-corrected chi connectivity index (χ3v) is 8.07. The summed E-state index contributed by atoms with van der Waals surface area (Å²) >= 11 is 6.27. The number of hydrogen-bond acceptors (Lipinski definition) is 4. The molecule has 1 aliphatic rings. The molecule has 1 aliphatic heterocycles. The number of rotatable bonds is 6. The number of piperazine rings is 1. The lowest BCUT2D eigenvalue weighted by atomic mass is 10.2. The Morgan fingerprint density at radius 1 is 0.971 bits per heavy atom. The molecule has 0 aromatic heterocycles. The minimum atomic E-state index is -4.01. The Morgan fingerprint density at radius 3 is 2.26 bits per heavy atom. The summed E-state index contributed by atoms with van der Waals surface area (Å²) < 4.78 is 42.2. The number of para-hydroxylation sites is 1. The molecule has 1 heterocycles. The number of halogens is 2. The van der Waals surface area contributed by atoms with Crippen molar-refractivity contribution < 1.29 is 17.6 Å². The monoisotopic (exact) mass is 501 g/mol. The van der Waals surface area contributed by atoms with E-state index >= 15 is 0 Å². The van der Waals surface area contributed by atoms with Crippen molar-refractivity contribution in [2.75, 3.05) is 41.9 Å². The Morgan fingerprint density at radius 2 is 1.62 bits per heavy atom. The van der Waals surface area contributed by atoms with Crippen LogP contribution >= 0.6 is 11.6 Å². The van der Waals surface area contributed by atoms with Crippen molar-refractivity contribution >= 4 is 38.9 Å². The van der Waals surface area contributed by atoms with Gasteiger partial charge in [-0.1, -0.05) is 48.0 Å². The Labute approximate surface area is 204 Å². The van der Waals surface area contributed by atoms with E-state index in [0.717, 1.165) is 9.87 Å². The molecular formula is C25H25ClFN3O3S. The molecule has 34 heavy (non-hydrogen) atoms. The van der Waals surface area contributed by atoms with E-state index in [0.29, 0.717) is 42.6 Å². The molecule has 6 nitrogen and oxygen atoms in total. The molecule has 0 spiro atoms. The van der Waals surface area contributed by atoms with Crippen molar-refractivity contribution in [1.29, 1.82) is 0 Å². The van der Waals surface area contributed by atoms with Gasteiger partial charge in [0, 0.05) is 31.2 Å². The molecule has 0 N–H and O–H groups in total. The third kappa shape index (κ3) is 5.03. The molecule has 0 unspecified atom stereocenters. The Balaban J connectivity index is 1.55. The second kappa shape index (κ2) is 10.0. The molecule has 1 fully saturated rings. The average Bonchev–Trinajstić information content (AvgIpc) is 2.85. The van der Waals surface area contributed by atoms with Crippen LogP contribution in [0.3, 0.4) is 0 Å². The SMILES string of the molecule is Cc1ccc(N(CC(=O)N2CCN(c3ccccc3F)CC2)S(=O)(=O)c2ccccc2)cc1Cl. The summed E-state index contributed by atoms with van der Waals surface area (Å²) in [7, 11) is -4.01. The molecule has 0 radical (unpaired) electrons. The zero-order valence-electron chi connectivity index (χ0n) is 18.7. The summed E-state index contributed by atoms with van der Waals surface area (Å²) in [5, 5.41) is 0.414. The molecule has 1 amide bonds. The maximum atomic E-state index is 14.1. The highest BCUT2D eigenvalue weighted by atomic mass is 35.5. The van der Waals surface area contributed by atoms with Gasteiger partial charge in [-0.15, -0.1) is 0 Å². The standard InChI is InChI=1S/C25H25ClFN3O3S/c1-19-11-12-20(17-22(19)26)30(34(32,33)21-7-3-2-4-8-21)18-25(31)29-15-13-28(14-16-29)24-10-6-5-9-23(24)27/h2-12,17H,13-16,18H2,1H3. The van der Waals surface area contributed by atoms with E-state index < -0.39 is 10.0 Å². The van der Waals surface area contributed by atoms with Gasteiger partial charge >= 0.3 is 0 Å². The van der Waals surface area contributed by atoms with Crippen LogP contribution in [0.2, 0.25) is 5.02 Å². The number of amides is 1. The van der Waals surface area contributed by atoms with Crippen LogP contribution in [0.25, 0.3) is 0 Å². The van der Waals surface area contributed by atoms with Crippen LogP contribution in [0.15, 0.2) is 77.7 Å². The maximum absolute atomic E-state index is 14.1. The first-order chi connectivity index (χ1) is 16.3. The zero-order chi connectivity index (χ0) is 24.3. The van der Waals surface area contributed by atoms with E-state index in [1.165, 1.54) is 18.2 Å². The van der Waals surface area contributed by atoms with E-state index in [2.05, 4.69) is 0 Å². The lowest BCUT2D eigenvalue weighted by molar-refractivity contribution is -0.129. The van der Waals surface area contributed by atoms with E-state index in [-0.39, 0.29) is 23.2 Å². The fraction of sp³-hybridized carbons (Fsp3) is 0.240. The molecule has 3 aromatic rings. The lowest BCUT2D eigenvalue weighted by Gasteiger charge is -2.37. The van der Waals surface area contributed by atoms with E-state index in [1.807, 2.05) is 11.8 Å². The normalized spacial score (nSPS) is 14.2. The smallest absolute Gasteiger partial charge is 0.264 e. The van der Waals surface area contributed by atoms with Crippen LogP contribution in [0.4, 0.5) is 15.8 Å². The quantitative estimate of drug-likeness (QED) is 0.504. The van der Waals surface area contributed by atoms with Gasteiger partial charge in [0.25, 0.3) is 10.0 Å². The average molecular weight is 502 g/mol. The predicted octanol–water partition coefficient (Wildman–Crippen LogP) is 4.33. The first-order valence-corrected chi connectivity index (χ1v) is 12.7. The minimum absolute atomic E-state index is 0.0869. The van der Waals surface area contributed by atoms with Gasteiger partial charge in [-0.25, -0.2) is 12.8 Å². The molecular weight excluding hydrogens is 477 g/mol. The number of carbonyl (C=O) groups excluding carboxylic acids is 1. The van der Waals surface area contributed by atoms with Gasteiger partial charge in [-0.2, -0.15) is 0 Å². The number of sulfonamides is 1. The van der Waals surface area contributed by atoms with Crippen LogP contribution in [0.1, 0.15) is 5.56 Å². The highest BCUT2D eigenvalue weighted by Crippen LogP contribution is 2.28. The van der Waals surface area contributed by atoms with E-state index in [4.69, 9.17) is 11.6 Å². The van der Waals surface area contributed by atoms with Crippen LogP contribution < -0.4 is 9.21 Å². The molecule has 0 bridgehead atoms. The number of anilines is 2. The van der Waals surface area contributed by atoms with Crippen LogP contribution in [-0.2, 0) is 14.8 Å². The summed E-state index contributed by atoms with van der Waals surface area (Å²) in [5.41, 5.74) is 1.62. The number of benzene rings is 3. The molecule has 0 saturated carbocycles. The van der Waals surface area contributed by atoms with Gasteiger partial charge in [-0.3, -0.25) is 9.10 Å². The fourth-order valence-corrected chi connectivity index (χ4v) is 5.50. The molecule has 0 atom stereocenters. The van der Waals surface area contributed by atoms with Crippen LogP contribution in [0, 0.1) is 12.7 Å². The zero-order valence-corrected chi connectivity index (χ0v) is 20.3. The second-order valence-electron chi connectivity index (χ2n) is 8.08. The molecule has 4 rings (SSSR count). The fourth-order valence-electron chi connectivity index (χ4n) is 3.90. The van der Waals surface area contributed by atoms with Crippen molar-refractivity contribution in [2.45, 2.75) is 11.8 Å². The van der Waals surface area contributed by atoms with Crippen molar-refractivity contribution in [2.24, 2.45) is 0 Å². The first kappa shape index (κ1) is 24.0. The number of carbonyl (C=O) groups is 1. The molecule has 9 heteroatoms. The number of nitrogens with zero attached hydrogens (tertiary/aromatic N) is 3. The van der Waals surface area contributed by atoms with Crippen LogP contribution in [-0.4, -0.2) is 51.9 Å². The summed E-state index contributed by atoms with van der Waals surface area (Å²) in [6, 6.07) is 19.4. The highest BCUT2D eigenvalue weighted by molar-refractivity contribution is 7.92. The van der Waals surface area contributed by atoms with Crippen molar-refractivity contribution in [3.05, 3.63) is 89.2 Å². The third-order valence-electron chi connectivity index (χ3n) is 5.88. The van der Waals surface area contributed by atoms with Gasteiger partial charge in [0.1, 0.15) is 12.4 Å². The van der Waals surface area contributed by atoms with Gasteiger partial charge in [0.2, 0.25) is 5.91 Å². The number of aryl methyl sites for hydroxylation is 1. The van der Waals surface area contributed by atoms with Gasteiger partial charge < -0.3 is 9.80 Å². The second-order valence-corrected chi connectivity index (χ2v) is 10.3. The summed E-state index contributed by atoms with van der Waals surface area (Å²) in [6.45, 7) is 3.09. The van der Waals surface area contributed by atoms with Gasteiger partial charge in [-0.05, 0) is 48.9 Å². The predicted molar refractivity (Wildman–Crippen MR) is 132 cm³/mol. The van der Waals surface area contributed by atoms with Gasteiger partial charge in [0.15, 0.2) is 0 Å². The minimum Gasteiger partial charge on any atom is -0.366 e. The molecule has 0 aliphatic carbocycles. The van der Waals surface area contributed by atoms with Crippen molar-refractivity contribution in [3.8, 4) is 0 Å². The van der Waals surface area contributed by atoms with E-state index in [9.17, 15) is 17.6 Å². The Kier molecular flexibility index (Phi) is 7.09. The van der Waals surface area contributed by atoms with Crippen molar-refractivity contribution in [3.63, 3.8) is 0 Å². The topological polar surface area (TPSA) is 60.9 Å². The highest BCUT2D eigenvalue weighted by Gasteiger charge is 2.30. The Bertz CT molecular complexity index is 1280.